The highest BCUT2D eigenvalue weighted by Crippen LogP contribution is 2.13. The number of amides is 1. The summed E-state index contributed by atoms with van der Waals surface area (Å²) in [5, 5.41) is 6.35. The predicted octanol–water partition coefficient (Wildman–Crippen LogP) is 1.85. The molecule has 1 atom stereocenters. The normalized spacial score (nSPS) is 18.1. The smallest absolute Gasteiger partial charge is 0.234 e. The van der Waals surface area contributed by atoms with Gasteiger partial charge in [-0.15, -0.1) is 12.4 Å². The second kappa shape index (κ2) is 10.5. The van der Waals surface area contributed by atoms with Crippen LogP contribution in [-0.2, 0) is 11.2 Å². The van der Waals surface area contributed by atoms with Gasteiger partial charge in [0.05, 0.1) is 12.6 Å². The van der Waals surface area contributed by atoms with Crippen molar-refractivity contribution >= 4 is 18.3 Å². The van der Waals surface area contributed by atoms with Gasteiger partial charge in [-0.3, -0.25) is 9.69 Å². The quantitative estimate of drug-likeness (QED) is 0.783. The first-order valence-corrected chi connectivity index (χ1v) is 8.51. The van der Waals surface area contributed by atoms with Crippen molar-refractivity contribution in [3.8, 4) is 5.75 Å². The molecule has 0 unspecified atom stereocenters. The molecule has 1 aliphatic heterocycles. The van der Waals surface area contributed by atoms with Crippen LogP contribution in [-0.4, -0.2) is 55.7 Å². The van der Waals surface area contributed by atoms with E-state index in [0.717, 1.165) is 31.8 Å². The fourth-order valence-electron chi connectivity index (χ4n) is 2.71. The highest BCUT2D eigenvalue weighted by molar-refractivity contribution is 5.85. The summed E-state index contributed by atoms with van der Waals surface area (Å²) in [6, 6.07) is 8.51. The molecule has 1 aliphatic rings. The molecular weight excluding hydrogens is 326 g/mol. The van der Waals surface area contributed by atoms with Crippen LogP contribution < -0.4 is 15.4 Å². The standard InChI is InChI=1S/C18H29N3O2.ClH/c1-14(2)23-17-6-4-16(5-7-17)8-9-20-18(22)13-21-11-10-19-12-15(21)3;/h4-7,14-15,19H,8-13H2,1-3H3,(H,20,22);1H/t15-;/m1./s1. The van der Waals surface area contributed by atoms with Crippen molar-refractivity contribution in [2.45, 2.75) is 39.3 Å². The van der Waals surface area contributed by atoms with Crippen molar-refractivity contribution in [2.75, 3.05) is 32.7 Å². The molecule has 0 radical (unpaired) electrons. The molecule has 0 saturated carbocycles. The maximum absolute atomic E-state index is 12.0. The van der Waals surface area contributed by atoms with Gasteiger partial charge in [0.25, 0.3) is 0 Å². The van der Waals surface area contributed by atoms with Crippen LogP contribution in [0.25, 0.3) is 0 Å². The zero-order chi connectivity index (χ0) is 16.7. The molecule has 136 valence electrons. The minimum absolute atomic E-state index is 0. The van der Waals surface area contributed by atoms with Gasteiger partial charge in [-0.05, 0) is 44.9 Å². The van der Waals surface area contributed by atoms with Gasteiger partial charge < -0.3 is 15.4 Å². The summed E-state index contributed by atoms with van der Waals surface area (Å²) >= 11 is 0. The first-order chi connectivity index (χ1) is 11.0. The van der Waals surface area contributed by atoms with Crippen LogP contribution in [0.4, 0.5) is 0 Å². The van der Waals surface area contributed by atoms with E-state index in [9.17, 15) is 4.79 Å². The molecule has 1 fully saturated rings. The number of halogens is 1. The van der Waals surface area contributed by atoms with Crippen molar-refractivity contribution in [3.05, 3.63) is 29.8 Å². The second-order valence-electron chi connectivity index (χ2n) is 6.43. The van der Waals surface area contributed by atoms with Crippen LogP contribution in [0.1, 0.15) is 26.3 Å². The number of piperazine rings is 1. The van der Waals surface area contributed by atoms with Crippen molar-refractivity contribution in [1.29, 1.82) is 0 Å². The number of benzene rings is 1. The lowest BCUT2D eigenvalue weighted by molar-refractivity contribution is -0.122. The molecule has 0 aliphatic carbocycles. The van der Waals surface area contributed by atoms with E-state index in [4.69, 9.17) is 4.74 Å². The van der Waals surface area contributed by atoms with E-state index >= 15 is 0 Å². The Hall–Kier alpha value is -1.30. The van der Waals surface area contributed by atoms with Crippen LogP contribution in [0.2, 0.25) is 0 Å². The Bertz CT molecular complexity index is 494. The molecular formula is C18H30ClN3O2. The van der Waals surface area contributed by atoms with E-state index in [1.54, 1.807) is 0 Å². The van der Waals surface area contributed by atoms with E-state index in [0.29, 0.717) is 19.1 Å². The number of ether oxygens (including phenoxy) is 1. The second-order valence-corrected chi connectivity index (χ2v) is 6.43. The van der Waals surface area contributed by atoms with Gasteiger partial charge in [0.2, 0.25) is 5.91 Å². The van der Waals surface area contributed by atoms with Gasteiger partial charge in [-0.1, -0.05) is 12.1 Å². The Kier molecular flexibility index (Phi) is 9.11. The van der Waals surface area contributed by atoms with Crippen LogP contribution in [0, 0.1) is 0 Å². The fraction of sp³-hybridized carbons (Fsp3) is 0.611. The monoisotopic (exact) mass is 355 g/mol. The molecule has 1 amide bonds. The summed E-state index contributed by atoms with van der Waals surface area (Å²) in [6.45, 7) is 10.2. The minimum atomic E-state index is 0. The predicted molar refractivity (Wildman–Crippen MR) is 100 cm³/mol. The van der Waals surface area contributed by atoms with Crippen molar-refractivity contribution in [3.63, 3.8) is 0 Å². The molecule has 1 saturated heterocycles. The average Bonchev–Trinajstić information content (AvgIpc) is 2.51. The van der Waals surface area contributed by atoms with E-state index in [-0.39, 0.29) is 24.4 Å². The van der Waals surface area contributed by atoms with Gasteiger partial charge in [0.1, 0.15) is 5.75 Å². The maximum atomic E-state index is 12.0. The molecule has 1 aromatic carbocycles. The van der Waals surface area contributed by atoms with Crippen molar-refractivity contribution in [2.24, 2.45) is 0 Å². The summed E-state index contributed by atoms with van der Waals surface area (Å²) in [6.07, 6.45) is 1.03. The molecule has 0 aromatic heterocycles. The molecule has 1 aromatic rings. The first kappa shape index (κ1) is 20.7. The van der Waals surface area contributed by atoms with Gasteiger partial charge in [-0.25, -0.2) is 0 Å². The number of hydrogen-bond acceptors (Lipinski definition) is 4. The average molecular weight is 356 g/mol. The summed E-state index contributed by atoms with van der Waals surface area (Å²) < 4.78 is 5.63. The van der Waals surface area contributed by atoms with Crippen molar-refractivity contribution in [1.82, 2.24) is 15.5 Å². The first-order valence-electron chi connectivity index (χ1n) is 8.51. The molecule has 0 spiro atoms. The Morgan fingerprint density at radius 1 is 1.38 bits per heavy atom. The van der Waals surface area contributed by atoms with Crippen LogP contribution in [0.5, 0.6) is 5.75 Å². The summed E-state index contributed by atoms with van der Waals surface area (Å²) in [5.74, 6) is 0.999. The summed E-state index contributed by atoms with van der Waals surface area (Å²) in [4.78, 5) is 14.3. The van der Waals surface area contributed by atoms with Gasteiger partial charge in [-0.2, -0.15) is 0 Å². The number of rotatable bonds is 7. The lowest BCUT2D eigenvalue weighted by Gasteiger charge is -2.33. The third kappa shape index (κ3) is 7.07. The third-order valence-electron chi connectivity index (χ3n) is 4.02. The Labute approximate surface area is 151 Å². The fourth-order valence-corrected chi connectivity index (χ4v) is 2.71. The summed E-state index contributed by atoms with van der Waals surface area (Å²) in [5.41, 5.74) is 1.21. The van der Waals surface area contributed by atoms with Crippen LogP contribution in [0.15, 0.2) is 24.3 Å². The van der Waals surface area contributed by atoms with Crippen LogP contribution >= 0.6 is 12.4 Å². The lowest BCUT2D eigenvalue weighted by atomic mass is 10.1. The van der Waals surface area contributed by atoms with Gasteiger partial charge >= 0.3 is 0 Å². The largest absolute Gasteiger partial charge is 0.491 e. The molecule has 0 bridgehead atoms. The zero-order valence-corrected chi connectivity index (χ0v) is 15.7. The number of carbonyl (C=O) groups excluding carboxylic acids is 1. The summed E-state index contributed by atoms with van der Waals surface area (Å²) in [7, 11) is 0. The maximum Gasteiger partial charge on any atom is 0.234 e. The third-order valence-corrected chi connectivity index (χ3v) is 4.02. The number of carbonyl (C=O) groups is 1. The van der Waals surface area contributed by atoms with Crippen molar-refractivity contribution < 1.29 is 9.53 Å². The zero-order valence-electron chi connectivity index (χ0n) is 14.9. The number of nitrogens with one attached hydrogen (secondary N) is 2. The van der Waals surface area contributed by atoms with Gasteiger partial charge in [0.15, 0.2) is 0 Å². The Balaban J connectivity index is 0.00000288. The van der Waals surface area contributed by atoms with E-state index in [2.05, 4.69) is 34.6 Å². The van der Waals surface area contributed by atoms with Crippen LogP contribution in [0.3, 0.4) is 0 Å². The lowest BCUT2D eigenvalue weighted by Crippen LogP contribution is -2.52. The topological polar surface area (TPSA) is 53.6 Å². The van der Waals surface area contributed by atoms with Gasteiger partial charge in [0, 0.05) is 32.2 Å². The highest BCUT2D eigenvalue weighted by atomic mass is 35.5. The Morgan fingerprint density at radius 3 is 2.71 bits per heavy atom. The molecule has 2 N–H and O–H groups in total. The molecule has 5 nitrogen and oxygen atoms in total. The minimum Gasteiger partial charge on any atom is -0.491 e. The molecule has 2 rings (SSSR count). The van der Waals surface area contributed by atoms with E-state index in [1.165, 1.54) is 5.56 Å². The number of hydrogen-bond donors (Lipinski definition) is 2. The highest BCUT2D eigenvalue weighted by Gasteiger charge is 2.19. The number of nitrogens with zero attached hydrogens (tertiary/aromatic N) is 1. The van der Waals surface area contributed by atoms with E-state index < -0.39 is 0 Å². The molecule has 6 heteroatoms. The molecule has 24 heavy (non-hydrogen) atoms. The van der Waals surface area contributed by atoms with E-state index in [1.807, 2.05) is 26.0 Å². The molecule has 1 heterocycles. The SMILES string of the molecule is CC(C)Oc1ccc(CCNC(=O)CN2CCNC[C@H]2C)cc1.Cl. The Morgan fingerprint density at radius 2 is 2.08 bits per heavy atom.